The normalized spacial score (nSPS) is 16.8. The Balaban J connectivity index is 0.866. The Morgan fingerprint density at radius 3 is 1.84 bits per heavy atom. The molecule has 2 atom stereocenters. The second-order valence-electron chi connectivity index (χ2n) is 17.4. The number of allylic oxidation sites excluding steroid dienone is 7. The third-order valence-electron chi connectivity index (χ3n) is 13.6. The lowest BCUT2D eigenvalue weighted by Gasteiger charge is -2.33. The van der Waals surface area contributed by atoms with Crippen molar-refractivity contribution in [3.05, 3.63) is 241 Å². The van der Waals surface area contributed by atoms with Crippen molar-refractivity contribution in [3.63, 3.8) is 0 Å². The highest BCUT2D eigenvalue weighted by atomic mass is 16.3. The third kappa shape index (κ3) is 6.93. The second kappa shape index (κ2) is 16.2. The zero-order chi connectivity index (χ0) is 42.4. The first-order valence-corrected chi connectivity index (χ1v) is 22.8. The molecule has 64 heavy (non-hydrogen) atoms. The molecule has 0 saturated heterocycles. The monoisotopic (exact) mass is 821 g/mol. The molecule has 0 aliphatic heterocycles. The number of benzene rings is 8. The fourth-order valence-corrected chi connectivity index (χ4v) is 10.3. The fraction of sp³-hybridized carbons (Fsp3) is 0.0968. The quantitative estimate of drug-likeness (QED) is 0.152. The molecule has 2 nitrogen and oxygen atoms in total. The van der Waals surface area contributed by atoms with Crippen molar-refractivity contribution >= 4 is 55.5 Å². The molecule has 0 spiro atoms. The van der Waals surface area contributed by atoms with Crippen molar-refractivity contribution in [2.75, 3.05) is 4.90 Å². The maximum Gasteiger partial charge on any atom is 0.142 e. The Kier molecular flexibility index (Phi) is 9.64. The molecule has 3 aliphatic rings. The van der Waals surface area contributed by atoms with E-state index in [0.717, 1.165) is 59.5 Å². The molecule has 0 saturated carbocycles. The molecule has 1 aromatic heterocycles. The molecule has 0 radical (unpaired) electrons. The van der Waals surface area contributed by atoms with Crippen molar-refractivity contribution in [2.45, 2.75) is 31.7 Å². The van der Waals surface area contributed by atoms with E-state index in [9.17, 15) is 0 Å². The van der Waals surface area contributed by atoms with Crippen LogP contribution in [-0.4, -0.2) is 6.04 Å². The van der Waals surface area contributed by atoms with Crippen LogP contribution in [0.5, 0.6) is 0 Å². The van der Waals surface area contributed by atoms with Crippen LogP contribution in [-0.2, 0) is 6.42 Å². The summed E-state index contributed by atoms with van der Waals surface area (Å²) in [5, 5.41) is 6.27. The van der Waals surface area contributed by atoms with E-state index in [4.69, 9.17) is 4.42 Å². The first-order chi connectivity index (χ1) is 31.7. The maximum atomic E-state index is 6.77. The Morgan fingerprint density at radius 2 is 1.11 bits per heavy atom. The molecule has 2 unspecified atom stereocenters. The van der Waals surface area contributed by atoms with Gasteiger partial charge in [-0.2, -0.15) is 0 Å². The van der Waals surface area contributed by atoms with Crippen LogP contribution in [0, 0.1) is 5.92 Å². The lowest BCUT2D eigenvalue weighted by atomic mass is 9.85. The standard InChI is InChI=1S/C62H47NO/c1-2-12-42(13-3-1)49-32-39-59-60-25-11-24-58(62(60)64-61(59)41-49)50-19-8-18-48(40-50)43-26-33-51(34-27-43)63(52-35-28-46(29-36-52)56-22-9-16-44-14-4-6-20-54(44)56)53-37-30-47(31-38-53)57-23-10-17-45-15-5-7-21-55(45)57/h2,4-37,39-40,49,53H,1,3,38,41H2. The van der Waals surface area contributed by atoms with Crippen molar-refractivity contribution in [1.29, 1.82) is 0 Å². The van der Waals surface area contributed by atoms with Gasteiger partial charge in [0.15, 0.2) is 0 Å². The molecular formula is C62H47NO. The van der Waals surface area contributed by atoms with Crippen LogP contribution in [0.3, 0.4) is 0 Å². The van der Waals surface area contributed by atoms with Gasteiger partial charge >= 0.3 is 0 Å². The molecule has 306 valence electrons. The summed E-state index contributed by atoms with van der Waals surface area (Å²) >= 11 is 0. The number of hydrogen-bond acceptors (Lipinski definition) is 2. The molecule has 0 amide bonds. The Bertz CT molecular complexity index is 3380. The van der Waals surface area contributed by atoms with Crippen molar-refractivity contribution in [2.24, 2.45) is 5.92 Å². The number of hydrogen-bond donors (Lipinski definition) is 0. The van der Waals surface area contributed by atoms with Gasteiger partial charge in [0.1, 0.15) is 11.3 Å². The molecular weight excluding hydrogens is 775 g/mol. The van der Waals surface area contributed by atoms with Gasteiger partial charge in [-0.3, -0.25) is 0 Å². The molecule has 0 fully saturated rings. The smallest absolute Gasteiger partial charge is 0.142 e. The molecule has 3 aliphatic carbocycles. The van der Waals surface area contributed by atoms with E-state index in [1.807, 2.05) is 0 Å². The Labute approximate surface area is 375 Å². The zero-order valence-corrected chi connectivity index (χ0v) is 35.7. The maximum absolute atomic E-state index is 6.77. The number of anilines is 2. The first-order valence-electron chi connectivity index (χ1n) is 22.8. The molecule has 8 aromatic carbocycles. The minimum absolute atomic E-state index is 0.136. The molecule has 9 aromatic rings. The predicted molar refractivity (Wildman–Crippen MR) is 271 cm³/mol. The highest BCUT2D eigenvalue weighted by molar-refractivity contribution is 6.00. The number of nitrogens with zero attached hydrogens (tertiary/aromatic N) is 1. The molecule has 0 bridgehead atoms. The van der Waals surface area contributed by atoms with E-state index >= 15 is 0 Å². The average molecular weight is 822 g/mol. The lowest BCUT2D eigenvalue weighted by molar-refractivity contribution is 0.522. The van der Waals surface area contributed by atoms with E-state index in [-0.39, 0.29) is 6.04 Å². The summed E-state index contributed by atoms with van der Waals surface area (Å²) in [5.74, 6) is 1.45. The molecule has 0 N–H and O–H groups in total. The van der Waals surface area contributed by atoms with E-state index in [1.165, 1.54) is 71.5 Å². The number of rotatable bonds is 8. The van der Waals surface area contributed by atoms with E-state index in [2.05, 4.69) is 229 Å². The summed E-state index contributed by atoms with van der Waals surface area (Å²) in [4.78, 5) is 2.50. The summed E-state index contributed by atoms with van der Waals surface area (Å²) in [6.45, 7) is 0. The SMILES string of the molecule is C1=CC(C2C=Cc3c(oc4c(-c5cccc(-c6ccc(N(c7ccc(-c8cccc9ccccc89)cc7)C7C=CC(c8cccc9ccccc89)=CC7)cc6)c5)cccc34)C2)=CCC1. The van der Waals surface area contributed by atoms with Gasteiger partial charge in [0.25, 0.3) is 0 Å². The largest absolute Gasteiger partial charge is 0.460 e. The van der Waals surface area contributed by atoms with E-state index in [0.29, 0.717) is 5.92 Å². The summed E-state index contributed by atoms with van der Waals surface area (Å²) in [7, 11) is 0. The van der Waals surface area contributed by atoms with E-state index < -0.39 is 0 Å². The first kappa shape index (κ1) is 38.0. The van der Waals surface area contributed by atoms with Gasteiger partial charge in [-0.15, -0.1) is 0 Å². The fourth-order valence-electron chi connectivity index (χ4n) is 10.3. The summed E-state index contributed by atoms with van der Waals surface area (Å²) in [6.07, 6.45) is 22.8. The van der Waals surface area contributed by atoms with Gasteiger partial charge in [-0.1, -0.05) is 194 Å². The number of furan rings is 1. The van der Waals surface area contributed by atoms with Crippen molar-refractivity contribution in [1.82, 2.24) is 0 Å². The van der Waals surface area contributed by atoms with Crippen LogP contribution in [0.1, 0.15) is 36.1 Å². The zero-order valence-electron chi connectivity index (χ0n) is 35.7. The lowest BCUT2D eigenvalue weighted by Crippen LogP contribution is -2.30. The van der Waals surface area contributed by atoms with Gasteiger partial charge in [0.05, 0.1) is 6.04 Å². The van der Waals surface area contributed by atoms with Gasteiger partial charge in [0, 0.05) is 40.2 Å². The summed E-state index contributed by atoms with van der Waals surface area (Å²) in [5.41, 5.74) is 15.6. The highest BCUT2D eigenvalue weighted by Gasteiger charge is 2.25. The molecule has 12 rings (SSSR count). The van der Waals surface area contributed by atoms with E-state index in [1.54, 1.807) is 0 Å². The van der Waals surface area contributed by atoms with Crippen LogP contribution in [0.4, 0.5) is 11.4 Å². The number of fused-ring (bicyclic) bond motifs is 5. The summed E-state index contributed by atoms with van der Waals surface area (Å²) in [6, 6.07) is 64.5. The topological polar surface area (TPSA) is 16.4 Å². The molecule has 2 heteroatoms. The van der Waals surface area contributed by atoms with Gasteiger partial charge in [-0.05, 0) is 116 Å². The molecule has 1 heterocycles. The predicted octanol–water partition coefficient (Wildman–Crippen LogP) is 16.8. The van der Waals surface area contributed by atoms with Crippen LogP contribution < -0.4 is 4.90 Å². The van der Waals surface area contributed by atoms with Gasteiger partial charge < -0.3 is 9.32 Å². The minimum atomic E-state index is 0.136. The van der Waals surface area contributed by atoms with Gasteiger partial charge in [-0.25, -0.2) is 0 Å². The number of para-hydroxylation sites is 1. The van der Waals surface area contributed by atoms with Gasteiger partial charge in [0.2, 0.25) is 0 Å². The second-order valence-corrected chi connectivity index (χ2v) is 17.4. The van der Waals surface area contributed by atoms with Crippen LogP contribution >= 0.6 is 0 Å². The Hall–Kier alpha value is -7.68. The Morgan fingerprint density at radius 1 is 0.469 bits per heavy atom. The average Bonchev–Trinajstić information content (AvgIpc) is 3.75. The third-order valence-corrected chi connectivity index (χ3v) is 13.6. The van der Waals surface area contributed by atoms with Crippen LogP contribution in [0.2, 0.25) is 0 Å². The highest BCUT2D eigenvalue weighted by Crippen LogP contribution is 2.42. The minimum Gasteiger partial charge on any atom is -0.460 e. The summed E-state index contributed by atoms with van der Waals surface area (Å²) < 4.78 is 6.77. The van der Waals surface area contributed by atoms with Crippen molar-refractivity contribution in [3.8, 4) is 33.4 Å². The van der Waals surface area contributed by atoms with Crippen LogP contribution in [0.15, 0.2) is 228 Å². The van der Waals surface area contributed by atoms with Crippen molar-refractivity contribution < 1.29 is 4.42 Å². The van der Waals surface area contributed by atoms with Crippen LogP contribution in [0.25, 0.3) is 77.5 Å².